The van der Waals surface area contributed by atoms with Gasteiger partial charge in [0.25, 0.3) is 0 Å². The third kappa shape index (κ3) is 2.63. The molecule has 2 rings (SSSR count). The number of rotatable bonds is 4. The fraction of sp³-hybridized carbons (Fsp3) is 0.0667. The first-order valence-electron chi connectivity index (χ1n) is 5.66. The summed E-state index contributed by atoms with van der Waals surface area (Å²) in [5, 5.41) is 7.35. The highest BCUT2D eigenvalue weighted by Gasteiger charge is 2.07. The molecule has 0 unspecified atom stereocenters. The third-order valence-electron chi connectivity index (χ3n) is 2.84. The van der Waals surface area contributed by atoms with Crippen LogP contribution < -0.4 is 10.5 Å². The first kappa shape index (κ1) is 12.8. The van der Waals surface area contributed by atoms with E-state index in [4.69, 9.17) is 15.9 Å². The van der Waals surface area contributed by atoms with Crippen molar-refractivity contribution in [1.29, 1.82) is 5.41 Å². The molecule has 4 nitrogen and oxygen atoms in total. The summed E-state index contributed by atoms with van der Waals surface area (Å²) in [4.78, 5) is 11.0. The normalized spacial score (nSPS) is 9.95. The number of nitrogens with one attached hydrogen (secondary N) is 1. The van der Waals surface area contributed by atoms with E-state index in [1.807, 2.05) is 18.4 Å². The van der Waals surface area contributed by atoms with Crippen molar-refractivity contribution < 1.29 is 9.53 Å². The minimum absolute atomic E-state index is 0.0133. The zero-order chi connectivity index (χ0) is 13.8. The lowest BCUT2D eigenvalue weighted by Gasteiger charge is -2.08. The smallest absolute Gasteiger partial charge is 0.234 e. The van der Waals surface area contributed by atoms with E-state index in [0.29, 0.717) is 16.9 Å². The first-order chi connectivity index (χ1) is 9.15. The predicted octanol–water partition coefficient (Wildman–Crippen LogP) is 2.10. The van der Waals surface area contributed by atoms with E-state index >= 15 is 0 Å². The van der Waals surface area contributed by atoms with Gasteiger partial charge in [-0.2, -0.15) is 0 Å². The minimum atomic E-state index is 0.0133. The van der Waals surface area contributed by atoms with Gasteiger partial charge in [0.1, 0.15) is 11.6 Å². The summed E-state index contributed by atoms with van der Waals surface area (Å²) < 4.78 is 5.15. The molecule has 0 aliphatic carbocycles. The van der Waals surface area contributed by atoms with Crippen LogP contribution in [0.1, 0.15) is 11.1 Å². The van der Waals surface area contributed by atoms with E-state index in [2.05, 4.69) is 0 Å². The molecular weight excluding hydrogens is 240 g/mol. The van der Waals surface area contributed by atoms with Gasteiger partial charge in [0.2, 0.25) is 6.29 Å². The average molecular weight is 253 g/mol. The number of nitrogens with two attached hydrogens (primary N) is 1. The zero-order valence-electron chi connectivity index (χ0n) is 10.4. The lowest BCUT2D eigenvalue weighted by Crippen LogP contribution is -2.10. The Balaban J connectivity index is 2.50. The van der Waals surface area contributed by atoms with Crippen LogP contribution in [0.4, 0.5) is 0 Å². The van der Waals surface area contributed by atoms with Crippen molar-refractivity contribution in [1.82, 2.24) is 0 Å². The van der Waals surface area contributed by atoms with Gasteiger partial charge in [0, 0.05) is 11.1 Å². The summed E-state index contributed by atoms with van der Waals surface area (Å²) >= 11 is 0. The van der Waals surface area contributed by atoms with Gasteiger partial charge in [-0.3, -0.25) is 10.2 Å². The molecule has 0 amide bonds. The Hall–Kier alpha value is -2.62. The second kappa shape index (κ2) is 5.35. The van der Waals surface area contributed by atoms with Gasteiger partial charge in [-0.25, -0.2) is 0 Å². The van der Waals surface area contributed by atoms with Crippen molar-refractivity contribution in [2.24, 2.45) is 5.73 Å². The van der Waals surface area contributed by atoms with Gasteiger partial charge < -0.3 is 10.5 Å². The topological polar surface area (TPSA) is 76.2 Å². The number of nitrogen functional groups attached to an aromatic ring is 1. The minimum Gasteiger partial charge on any atom is -0.497 e. The van der Waals surface area contributed by atoms with Crippen LogP contribution in [0.2, 0.25) is 0 Å². The Morgan fingerprint density at radius 2 is 1.89 bits per heavy atom. The third-order valence-corrected chi connectivity index (χ3v) is 2.84. The highest BCUT2D eigenvalue weighted by molar-refractivity contribution is 5.96. The molecule has 2 aromatic carbocycles. The first-order valence-corrected chi connectivity index (χ1v) is 5.66. The molecule has 0 saturated heterocycles. The van der Waals surface area contributed by atoms with Crippen LogP contribution in [0.3, 0.4) is 0 Å². The van der Waals surface area contributed by atoms with Gasteiger partial charge in [-0.1, -0.05) is 24.3 Å². The fourth-order valence-corrected chi connectivity index (χ4v) is 1.81. The van der Waals surface area contributed by atoms with Crippen molar-refractivity contribution in [3.63, 3.8) is 0 Å². The molecule has 0 fully saturated rings. The Labute approximate surface area is 111 Å². The van der Waals surface area contributed by atoms with Crippen LogP contribution in [0.5, 0.6) is 5.75 Å². The molecule has 0 aliphatic rings. The maximum absolute atomic E-state index is 11.0. The van der Waals surface area contributed by atoms with Crippen LogP contribution in [-0.2, 0) is 4.79 Å². The molecular formula is C15H13N2O2. The van der Waals surface area contributed by atoms with Gasteiger partial charge in [-0.15, -0.1) is 0 Å². The molecule has 19 heavy (non-hydrogen) atoms. The van der Waals surface area contributed by atoms with Crippen LogP contribution in [0, 0.1) is 5.41 Å². The van der Waals surface area contributed by atoms with Gasteiger partial charge in [0.05, 0.1) is 7.11 Å². The molecule has 0 heterocycles. The Morgan fingerprint density at radius 3 is 2.42 bits per heavy atom. The van der Waals surface area contributed by atoms with Crippen LogP contribution in [-0.4, -0.2) is 19.2 Å². The van der Waals surface area contributed by atoms with E-state index in [1.54, 1.807) is 37.4 Å². The zero-order valence-corrected chi connectivity index (χ0v) is 10.4. The van der Waals surface area contributed by atoms with Gasteiger partial charge >= 0.3 is 0 Å². The van der Waals surface area contributed by atoms with Crippen molar-refractivity contribution in [3.05, 3.63) is 53.6 Å². The fourth-order valence-electron chi connectivity index (χ4n) is 1.81. The molecule has 0 atom stereocenters. The average Bonchev–Trinajstić information content (AvgIpc) is 2.46. The SMILES string of the molecule is COc1ccc([C]=O)c(-c2ccc(C(=N)N)cc2)c1. The lowest BCUT2D eigenvalue weighted by atomic mass is 9.99. The van der Waals surface area contributed by atoms with Crippen molar-refractivity contribution in [3.8, 4) is 16.9 Å². The molecule has 95 valence electrons. The Morgan fingerprint density at radius 1 is 1.21 bits per heavy atom. The number of amidine groups is 1. The van der Waals surface area contributed by atoms with E-state index in [9.17, 15) is 4.79 Å². The Bertz CT molecular complexity index is 619. The Kier molecular flexibility index (Phi) is 3.61. The van der Waals surface area contributed by atoms with E-state index in [0.717, 1.165) is 11.1 Å². The molecule has 4 heteroatoms. The number of methoxy groups -OCH3 is 1. The summed E-state index contributed by atoms with van der Waals surface area (Å²) in [6.45, 7) is 0. The quantitative estimate of drug-likeness (QED) is 0.647. The molecule has 3 N–H and O–H groups in total. The van der Waals surface area contributed by atoms with E-state index in [-0.39, 0.29) is 5.84 Å². The number of ether oxygens (including phenoxy) is 1. The second-order valence-electron chi connectivity index (χ2n) is 4.00. The van der Waals surface area contributed by atoms with Crippen LogP contribution in [0.15, 0.2) is 42.5 Å². The maximum Gasteiger partial charge on any atom is 0.234 e. The summed E-state index contributed by atoms with van der Waals surface area (Å²) in [7, 11) is 1.57. The molecule has 0 aromatic heterocycles. The molecule has 1 radical (unpaired) electrons. The van der Waals surface area contributed by atoms with E-state index in [1.165, 1.54) is 0 Å². The predicted molar refractivity (Wildman–Crippen MR) is 74.2 cm³/mol. The van der Waals surface area contributed by atoms with E-state index < -0.39 is 0 Å². The largest absolute Gasteiger partial charge is 0.497 e. The monoisotopic (exact) mass is 253 g/mol. The highest BCUT2D eigenvalue weighted by Crippen LogP contribution is 2.27. The van der Waals surface area contributed by atoms with Crippen molar-refractivity contribution >= 4 is 12.1 Å². The van der Waals surface area contributed by atoms with Crippen LogP contribution >= 0.6 is 0 Å². The molecule has 0 aliphatic heterocycles. The van der Waals surface area contributed by atoms with Gasteiger partial charge in [0.15, 0.2) is 0 Å². The summed E-state index contributed by atoms with van der Waals surface area (Å²) in [5.41, 5.74) is 8.11. The standard InChI is InChI=1S/C15H13N2O2/c1-19-13-7-6-12(9-18)14(8-13)10-2-4-11(5-3-10)15(16)17/h2-8H,1H3,(H3,16,17). The van der Waals surface area contributed by atoms with Crippen LogP contribution in [0.25, 0.3) is 11.1 Å². The number of benzene rings is 2. The number of carbonyl (C=O) groups excluding carboxylic acids is 1. The number of hydrogen-bond acceptors (Lipinski definition) is 3. The molecule has 0 spiro atoms. The summed E-state index contributed by atoms with van der Waals surface area (Å²) in [6.07, 6.45) is 1.91. The second-order valence-corrected chi connectivity index (χ2v) is 4.00. The molecule has 2 aromatic rings. The summed E-state index contributed by atoms with van der Waals surface area (Å²) in [6, 6.07) is 12.3. The lowest BCUT2D eigenvalue weighted by molar-refractivity contribution is 0.415. The number of hydrogen-bond donors (Lipinski definition) is 2. The van der Waals surface area contributed by atoms with Crippen molar-refractivity contribution in [2.75, 3.05) is 7.11 Å². The molecule has 0 saturated carbocycles. The van der Waals surface area contributed by atoms with Crippen molar-refractivity contribution in [2.45, 2.75) is 0 Å². The molecule has 0 bridgehead atoms. The van der Waals surface area contributed by atoms with Gasteiger partial charge in [-0.05, 0) is 29.3 Å². The highest BCUT2D eigenvalue weighted by atomic mass is 16.5. The maximum atomic E-state index is 11.0. The summed E-state index contributed by atoms with van der Waals surface area (Å²) in [5.74, 6) is 0.684.